The summed E-state index contributed by atoms with van der Waals surface area (Å²) in [5.41, 5.74) is 0. The molecular weight excluding hydrogens is 195 g/mol. The maximum Gasteiger partial charge on any atom is 0.390 e. The van der Waals surface area contributed by atoms with Crippen molar-refractivity contribution < 1.29 is 21.6 Å². The smallest absolute Gasteiger partial charge is 0.216 e. The van der Waals surface area contributed by atoms with Crippen molar-refractivity contribution in [1.82, 2.24) is 4.72 Å². The Morgan fingerprint density at radius 3 is 2.17 bits per heavy atom. The van der Waals surface area contributed by atoms with Gasteiger partial charge in [-0.05, 0) is 0 Å². The van der Waals surface area contributed by atoms with Gasteiger partial charge in [0.2, 0.25) is 10.0 Å². The summed E-state index contributed by atoms with van der Waals surface area (Å²) in [6.07, 6.45) is -5.72. The van der Waals surface area contributed by atoms with E-state index >= 15 is 0 Å². The van der Waals surface area contributed by atoms with Gasteiger partial charge in [-0.25, -0.2) is 13.1 Å². The molecule has 0 bridgehead atoms. The van der Waals surface area contributed by atoms with E-state index in [0.29, 0.717) is 0 Å². The minimum absolute atomic E-state index is 0.111. The Morgan fingerprint density at radius 2 is 1.83 bits per heavy atom. The first-order chi connectivity index (χ1) is 5.27. The highest BCUT2D eigenvalue weighted by molar-refractivity contribution is 7.89. The van der Waals surface area contributed by atoms with Gasteiger partial charge in [0, 0.05) is 6.54 Å². The van der Waals surface area contributed by atoms with Crippen molar-refractivity contribution in [3.63, 3.8) is 0 Å². The number of nitrogens with one attached hydrogen (secondary N) is 1. The Kier molecular flexibility index (Phi) is 3.98. The van der Waals surface area contributed by atoms with Crippen LogP contribution >= 0.6 is 0 Å². The van der Waals surface area contributed by atoms with E-state index in [1.54, 1.807) is 0 Å². The highest BCUT2D eigenvalue weighted by atomic mass is 32.2. The zero-order chi connectivity index (χ0) is 9.83. The first-order valence-electron chi connectivity index (χ1n) is 3.31. The highest BCUT2D eigenvalue weighted by Gasteiger charge is 2.29. The predicted molar refractivity (Wildman–Crippen MR) is 38.1 cm³/mol. The van der Waals surface area contributed by atoms with Crippen LogP contribution in [0.3, 0.4) is 0 Å². The third kappa shape index (κ3) is 6.41. The molecular formula is C5H10F3NO2S. The summed E-state index contributed by atoms with van der Waals surface area (Å²) in [7, 11) is -3.73. The molecule has 0 saturated heterocycles. The van der Waals surface area contributed by atoms with Gasteiger partial charge >= 0.3 is 6.18 Å². The standard InChI is InChI=1S/C5H10F3NO2S/c1-2-9-12(10,11)4-3-5(6,7)8/h9H,2-4H2,1H3. The van der Waals surface area contributed by atoms with E-state index in [0.717, 1.165) is 0 Å². The van der Waals surface area contributed by atoms with Gasteiger partial charge in [-0.15, -0.1) is 0 Å². The fourth-order valence-electron chi connectivity index (χ4n) is 0.542. The SMILES string of the molecule is CCNS(=O)(=O)CCC(F)(F)F. The lowest BCUT2D eigenvalue weighted by molar-refractivity contribution is -0.129. The van der Waals surface area contributed by atoms with Crippen molar-refractivity contribution >= 4 is 10.0 Å². The Hall–Kier alpha value is -0.300. The molecule has 0 amide bonds. The van der Waals surface area contributed by atoms with Gasteiger partial charge in [-0.1, -0.05) is 6.92 Å². The molecule has 3 nitrogen and oxygen atoms in total. The Morgan fingerprint density at radius 1 is 1.33 bits per heavy atom. The predicted octanol–water partition coefficient (Wildman–Crippen LogP) is 0.878. The van der Waals surface area contributed by atoms with E-state index in [4.69, 9.17) is 0 Å². The lowest BCUT2D eigenvalue weighted by Gasteiger charge is -2.06. The minimum atomic E-state index is -4.41. The zero-order valence-corrected chi connectivity index (χ0v) is 7.30. The van der Waals surface area contributed by atoms with Crippen LogP contribution in [-0.4, -0.2) is 26.9 Å². The van der Waals surface area contributed by atoms with E-state index in [1.807, 2.05) is 4.72 Å². The van der Waals surface area contributed by atoms with Crippen molar-refractivity contribution in [3.05, 3.63) is 0 Å². The molecule has 0 aromatic heterocycles. The lowest BCUT2D eigenvalue weighted by atomic mass is 10.5. The molecule has 0 aromatic carbocycles. The molecule has 0 spiro atoms. The molecule has 12 heavy (non-hydrogen) atoms. The molecule has 0 saturated carbocycles. The number of sulfonamides is 1. The monoisotopic (exact) mass is 205 g/mol. The number of halogens is 3. The quantitative estimate of drug-likeness (QED) is 0.740. The molecule has 0 aliphatic carbocycles. The molecule has 0 aliphatic heterocycles. The molecule has 0 aromatic rings. The van der Waals surface area contributed by atoms with Gasteiger partial charge in [0.05, 0.1) is 12.2 Å². The van der Waals surface area contributed by atoms with E-state index in [2.05, 4.69) is 0 Å². The van der Waals surface area contributed by atoms with Gasteiger partial charge in [0.25, 0.3) is 0 Å². The average molecular weight is 205 g/mol. The fourth-order valence-corrected chi connectivity index (χ4v) is 1.63. The second-order valence-corrected chi connectivity index (χ2v) is 4.11. The molecule has 0 unspecified atom stereocenters. The topological polar surface area (TPSA) is 46.2 Å². The summed E-state index contributed by atoms with van der Waals surface area (Å²) in [4.78, 5) is 0. The fraction of sp³-hybridized carbons (Fsp3) is 1.00. The van der Waals surface area contributed by atoms with Gasteiger partial charge in [-0.2, -0.15) is 13.2 Å². The van der Waals surface area contributed by atoms with Crippen molar-refractivity contribution in [2.24, 2.45) is 0 Å². The van der Waals surface area contributed by atoms with Crippen LogP contribution in [0, 0.1) is 0 Å². The maximum absolute atomic E-state index is 11.5. The lowest BCUT2D eigenvalue weighted by Crippen LogP contribution is -2.28. The molecule has 0 rings (SSSR count). The van der Waals surface area contributed by atoms with Gasteiger partial charge in [0.15, 0.2) is 0 Å². The molecule has 74 valence electrons. The van der Waals surface area contributed by atoms with Crippen LogP contribution in [0.4, 0.5) is 13.2 Å². The van der Waals surface area contributed by atoms with Crippen LogP contribution in [0.1, 0.15) is 13.3 Å². The largest absolute Gasteiger partial charge is 0.390 e. The summed E-state index contributed by atoms with van der Waals surface area (Å²) in [6, 6.07) is 0. The maximum atomic E-state index is 11.5. The van der Waals surface area contributed by atoms with E-state index in [9.17, 15) is 21.6 Å². The third-order valence-electron chi connectivity index (χ3n) is 1.02. The molecule has 0 atom stereocenters. The average Bonchev–Trinajstić information content (AvgIpc) is 1.83. The van der Waals surface area contributed by atoms with E-state index in [1.165, 1.54) is 6.92 Å². The first-order valence-corrected chi connectivity index (χ1v) is 4.96. The highest BCUT2D eigenvalue weighted by Crippen LogP contribution is 2.19. The zero-order valence-electron chi connectivity index (χ0n) is 6.48. The summed E-state index contributed by atoms with van der Waals surface area (Å²) < 4.78 is 57.9. The number of hydrogen-bond acceptors (Lipinski definition) is 2. The Bertz CT molecular complexity index is 221. The molecule has 7 heteroatoms. The molecule has 0 heterocycles. The van der Waals surface area contributed by atoms with Crippen LogP contribution in [0.5, 0.6) is 0 Å². The number of hydrogen-bond donors (Lipinski definition) is 1. The van der Waals surface area contributed by atoms with Gasteiger partial charge in [-0.3, -0.25) is 0 Å². The Balaban J connectivity index is 3.94. The minimum Gasteiger partial charge on any atom is -0.216 e. The van der Waals surface area contributed by atoms with E-state index < -0.39 is 28.4 Å². The molecule has 0 aliphatic rings. The van der Waals surface area contributed by atoms with Crippen LogP contribution < -0.4 is 4.72 Å². The van der Waals surface area contributed by atoms with Crippen LogP contribution in [-0.2, 0) is 10.0 Å². The summed E-state index contributed by atoms with van der Waals surface area (Å²) in [5, 5.41) is 0. The summed E-state index contributed by atoms with van der Waals surface area (Å²) in [5.74, 6) is -0.898. The second kappa shape index (κ2) is 4.08. The molecule has 0 radical (unpaired) electrons. The van der Waals surface area contributed by atoms with Crippen LogP contribution in [0.15, 0.2) is 0 Å². The third-order valence-corrected chi connectivity index (χ3v) is 2.49. The molecule has 1 N–H and O–H groups in total. The normalized spacial score (nSPS) is 13.3. The van der Waals surface area contributed by atoms with Crippen molar-refractivity contribution in [2.75, 3.05) is 12.3 Å². The van der Waals surface area contributed by atoms with Crippen LogP contribution in [0.2, 0.25) is 0 Å². The van der Waals surface area contributed by atoms with Gasteiger partial charge in [0.1, 0.15) is 0 Å². The van der Waals surface area contributed by atoms with E-state index in [-0.39, 0.29) is 6.54 Å². The first kappa shape index (κ1) is 11.7. The number of rotatable bonds is 4. The van der Waals surface area contributed by atoms with Crippen molar-refractivity contribution in [2.45, 2.75) is 19.5 Å². The van der Waals surface area contributed by atoms with Crippen molar-refractivity contribution in [3.8, 4) is 0 Å². The Labute approximate surface area is 69.0 Å². The number of alkyl halides is 3. The van der Waals surface area contributed by atoms with Gasteiger partial charge < -0.3 is 0 Å². The molecule has 0 fully saturated rings. The van der Waals surface area contributed by atoms with Crippen molar-refractivity contribution in [1.29, 1.82) is 0 Å². The summed E-state index contributed by atoms with van der Waals surface area (Å²) in [6.45, 7) is 1.62. The second-order valence-electron chi connectivity index (χ2n) is 2.18. The van der Waals surface area contributed by atoms with Crippen LogP contribution in [0.25, 0.3) is 0 Å². The summed E-state index contributed by atoms with van der Waals surface area (Å²) >= 11 is 0.